The van der Waals surface area contributed by atoms with E-state index in [0.29, 0.717) is 51.0 Å². The summed E-state index contributed by atoms with van der Waals surface area (Å²) in [6.07, 6.45) is 1.34. The quantitative estimate of drug-likeness (QED) is 0.753. The Morgan fingerprint density at radius 1 is 1.10 bits per heavy atom. The third kappa shape index (κ3) is 4.09. The van der Waals surface area contributed by atoms with Crippen LogP contribution in [0.3, 0.4) is 0 Å². The monoisotopic (exact) mass is 421 g/mol. The van der Waals surface area contributed by atoms with Gasteiger partial charge >= 0.3 is 0 Å². The molecule has 0 bridgehead atoms. The number of hydrogen-bond donors (Lipinski definition) is 2. The number of fused-ring (bicyclic) bond motifs is 1. The largest absolute Gasteiger partial charge is 0.486 e. The number of sulfonamides is 1. The Balaban J connectivity index is 1.45. The van der Waals surface area contributed by atoms with E-state index in [0.717, 1.165) is 5.56 Å². The molecule has 0 unspecified atom stereocenters. The number of carbonyl (C=O) groups excluding carboxylic acids is 1. The molecule has 1 saturated heterocycles. The van der Waals surface area contributed by atoms with Crippen LogP contribution in [0.4, 0.5) is 0 Å². The highest BCUT2D eigenvalue weighted by molar-refractivity contribution is 7.89. The number of nitrogens with one attached hydrogen (secondary N) is 2. The maximum atomic E-state index is 12.7. The minimum atomic E-state index is -3.65. The third-order valence-corrected chi connectivity index (χ3v) is 6.80. The molecule has 2 N–H and O–H groups in total. The molecule has 3 heterocycles. The first-order chi connectivity index (χ1) is 13.9. The number of nitrogens with zero attached hydrogens (tertiary/aromatic N) is 1. The van der Waals surface area contributed by atoms with E-state index in [9.17, 15) is 13.2 Å². The van der Waals surface area contributed by atoms with Crippen molar-refractivity contribution < 1.29 is 27.4 Å². The van der Waals surface area contributed by atoms with E-state index < -0.39 is 15.9 Å². The number of aromatic nitrogens is 1. The summed E-state index contributed by atoms with van der Waals surface area (Å²) < 4.78 is 43.0. The van der Waals surface area contributed by atoms with E-state index in [1.54, 1.807) is 0 Å². The molecular weight excluding hydrogens is 398 g/mol. The predicted octanol–water partition coefficient (Wildman–Crippen LogP) is 1.30. The van der Waals surface area contributed by atoms with Gasteiger partial charge in [-0.1, -0.05) is 6.07 Å². The molecule has 156 valence electrons. The first-order valence-electron chi connectivity index (χ1n) is 9.42. The van der Waals surface area contributed by atoms with Crippen molar-refractivity contribution in [2.24, 2.45) is 0 Å². The molecule has 10 heteroatoms. The minimum absolute atomic E-state index is 0.0662. The fourth-order valence-electron chi connectivity index (χ4n) is 3.28. The predicted molar refractivity (Wildman–Crippen MR) is 104 cm³/mol. The number of carbonyl (C=O) groups is 1. The van der Waals surface area contributed by atoms with Gasteiger partial charge in [-0.25, -0.2) is 8.42 Å². The fraction of sp³-hybridized carbons (Fsp3) is 0.421. The molecule has 1 atom stereocenters. The summed E-state index contributed by atoms with van der Waals surface area (Å²) in [7, 11) is -3.65. The highest BCUT2D eigenvalue weighted by atomic mass is 32.2. The molecule has 1 aromatic heterocycles. The zero-order chi connectivity index (χ0) is 20.4. The summed E-state index contributed by atoms with van der Waals surface area (Å²) >= 11 is 0. The van der Waals surface area contributed by atoms with Crippen molar-refractivity contribution in [2.45, 2.75) is 17.9 Å². The van der Waals surface area contributed by atoms with E-state index in [2.05, 4.69) is 10.3 Å². The summed E-state index contributed by atoms with van der Waals surface area (Å²) in [6, 6.07) is 6.57. The van der Waals surface area contributed by atoms with Crippen molar-refractivity contribution in [3.63, 3.8) is 0 Å². The van der Waals surface area contributed by atoms with Crippen LogP contribution in [-0.4, -0.2) is 63.1 Å². The van der Waals surface area contributed by atoms with E-state index in [4.69, 9.17) is 14.2 Å². The molecule has 0 spiro atoms. The second kappa shape index (κ2) is 8.05. The van der Waals surface area contributed by atoms with E-state index in [1.165, 1.54) is 16.6 Å². The van der Waals surface area contributed by atoms with Gasteiger partial charge in [-0.05, 0) is 30.7 Å². The third-order valence-electron chi connectivity index (χ3n) is 4.92. The van der Waals surface area contributed by atoms with Crippen LogP contribution in [0.15, 0.2) is 35.4 Å². The Morgan fingerprint density at radius 3 is 2.59 bits per heavy atom. The number of aromatic amines is 1. The summed E-state index contributed by atoms with van der Waals surface area (Å²) in [5.41, 5.74) is 1.04. The second-order valence-electron chi connectivity index (χ2n) is 6.86. The van der Waals surface area contributed by atoms with E-state index in [1.807, 2.05) is 25.1 Å². The summed E-state index contributed by atoms with van der Waals surface area (Å²) in [4.78, 5) is 15.4. The minimum Gasteiger partial charge on any atom is -0.486 e. The van der Waals surface area contributed by atoms with E-state index >= 15 is 0 Å². The molecule has 1 amide bonds. The van der Waals surface area contributed by atoms with Gasteiger partial charge in [-0.15, -0.1) is 0 Å². The number of H-pyrrole nitrogens is 1. The molecule has 0 aliphatic carbocycles. The van der Waals surface area contributed by atoms with Gasteiger partial charge in [0.15, 0.2) is 11.5 Å². The van der Waals surface area contributed by atoms with Crippen molar-refractivity contribution in [3.8, 4) is 11.5 Å². The zero-order valence-corrected chi connectivity index (χ0v) is 16.8. The highest BCUT2D eigenvalue weighted by Crippen LogP contribution is 2.32. The summed E-state index contributed by atoms with van der Waals surface area (Å²) in [6.45, 7) is 4.18. The van der Waals surface area contributed by atoms with Gasteiger partial charge in [0, 0.05) is 19.3 Å². The normalized spacial score (nSPS) is 18.2. The second-order valence-corrected chi connectivity index (χ2v) is 8.80. The van der Waals surface area contributed by atoms with Crippen LogP contribution in [0.25, 0.3) is 0 Å². The summed E-state index contributed by atoms with van der Waals surface area (Å²) in [5.74, 6) is 0.935. The number of amides is 1. The van der Waals surface area contributed by atoms with Gasteiger partial charge in [0.25, 0.3) is 5.91 Å². The van der Waals surface area contributed by atoms with Crippen molar-refractivity contribution in [1.82, 2.24) is 14.6 Å². The van der Waals surface area contributed by atoms with Crippen LogP contribution in [0.2, 0.25) is 0 Å². The molecule has 29 heavy (non-hydrogen) atoms. The van der Waals surface area contributed by atoms with Crippen molar-refractivity contribution in [3.05, 3.63) is 41.7 Å². The van der Waals surface area contributed by atoms with Gasteiger partial charge in [0.1, 0.15) is 23.8 Å². The number of rotatable bonds is 5. The average molecular weight is 421 g/mol. The lowest BCUT2D eigenvalue weighted by Gasteiger charge is -2.25. The average Bonchev–Trinajstić information content (AvgIpc) is 3.25. The Hall–Kier alpha value is -2.56. The number of morpholine rings is 1. The lowest BCUT2D eigenvalue weighted by atomic mass is 10.1. The topological polar surface area (TPSA) is 110 Å². The fourth-order valence-corrected chi connectivity index (χ4v) is 4.68. The van der Waals surface area contributed by atoms with Crippen LogP contribution in [0.5, 0.6) is 11.5 Å². The molecule has 2 aromatic rings. The lowest BCUT2D eigenvalue weighted by molar-refractivity contribution is 0.0730. The molecule has 4 rings (SSSR count). The molecule has 2 aliphatic heterocycles. The zero-order valence-electron chi connectivity index (χ0n) is 16.0. The maximum Gasteiger partial charge on any atom is 0.268 e. The van der Waals surface area contributed by atoms with Gasteiger partial charge < -0.3 is 24.5 Å². The maximum absolute atomic E-state index is 12.7. The Bertz CT molecular complexity index is 997. The van der Waals surface area contributed by atoms with Crippen molar-refractivity contribution in [2.75, 3.05) is 39.5 Å². The lowest BCUT2D eigenvalue weighted by Crippen LogP contribution is -2.40. The van der Waals surface area contributed by atoms with Gasteiger partial charge in [0.2, 0.25) is 10.0 Å². The molecule has 1 fully saturated rings. The molecule has 9 nitrogen and oxygen atoms in total. The number of ether oxygens (including phenoxy) is 3. The molecular formula is C19H23N3O6S. The van der Waals surface area contributed by atoms with Crippen LogP contribution in [0.1, 0.15) is 29.0 Å². The molecule has 0 saturated carbocycles. The van der Waals surface area contributed by atoms with Gasteiger partial charge in [0.05, 0.1) is 19.3 Å². The van der Waals surface area contributed by atoms with Crippen LogP contribution in [-0.2, 0) is 14.8 Å². The first-order valence-corrected chi connectivity index (χ1v) is 10.9. The number of benzene rings is 1. The molecule has 0 radical (unpaired) electrons. The van der Waals surface area contributed by atoms with Crippen molar-refractivity contribution >= 4 is 15.9 Å². The first kappa shape index (κ1) is 19.7. The number of hydrogen-bond acceptors (Lipinski definition) is 6. The van der Waals surface area contributed by atoms with Crippen LogP contribution < -0.4 is 14.8 Å². The van der Waals surface area contributed by atoms with Crippen LogP contribution >= 0.6 is 0 Å². The van der Waals surface area contributed by atoms with Gasteiger partial charge in [-0.2, -0.15) is 4.31 Å². The Labute approximate surface area is 169 Å². The Morgan fingerprint density at radius 2 is 1.83 bits per heavy atom. The summed E-state index contributed by atoms with van der Waals surface area (Å²) in [5, 5.41) is 2.87. The standard InChI is InChI=1S/C19H23N3O6S/c1-13(14-2-3-17-18(10-14)28-9-8-27-17)21-19(23)16-11-15(12-20-16)29(24,25)22-4-6-26-7-5-22/h2-3,10-13,20H,4-9H2,1H3,(H,21,23)/t13-/m1/s1. The van der Waals surface area contributed by atoms with Crippen LogP contribution in [0, 0.1) is 0 Å². The highest BCUT2D eigenvalue weighted by Gasteiger charge is 2.28. The van der Waals surface area contributed by atoms with Gasteiger partial charge in [-0.3, -0.25) is 4.79 Å². The van der Waals surface area contributed by atoms with E-state index in [-0.39, 0.29) is 16.6 Å². The van der Waals surface area contributed by atoms with Crippen molar-refractivity contribution in [1.29, 1.82) is 0 Å². The molecule has 2 aliphatic rings. The Kier molecular flexibility index (Phi) is 5.48. The molecule has 1 aromatic carbocycles. The smallest absolute Gasteiger partial charge is 0.268 e. The SMILES string of the molecule is C[C@@H](NC(=O)c1cc(S(=O)(=O)N2CCOCC2)c[nH]1)c1ccc2c(c1)OCCO2.